The highest BCUT2D eigenvalue weighted by Crippen LogP contribution is 2.16. The predicted octanol–water partition coefficient (Wildman–Crippen LogP) is 1.44. The second-order valence-electron chi connectivity index (χ2n) is 4.59. The quantitative estimate of drug-likeness (QED) is 0.840. The molecule has 2 heterocycles. The molecule has 0 fully saturated rings. The van der Waals surface area contributed by atoms with Crippen molar-refractivity contribution < 1.29 is 0 Å². The summed E-state index contributed by atoms with van der Waals surface area (Å²) in [5.74, 6) is 1.09. The second-order valence-corrected chi connectivity index (χ2v) is 4.59. The lowest BCUT2D eigenvalue weighted by Gasteiger charge is -2.18. The molecule has 0 aliphatic carbocycles. The molecule has 18 heavy (non-hydrogen) atoms. The van der Waals surface area contributed by atoms with Crippen molar-refractivity contribution in [1.29, 1.82) is 0 Å². The van der Waals surface area contributed by atoms with Gasteiger partial charge in [-0.05, 0) is 13.0 Å². The minimum Gasteiger partial charge on any atom is -0.338 e. The smallest absolute Gasteiger partial charge is 0.110 e. The van der Waals surface area contributed by atoms with Gasteiger partial charge in [-0.2, -0.15) is 0 Å². The number of imidazole rings is 2. The first-order chi connectivity index (χ1) is 8.72. The molecule has 1 N–H and O–H groups in total. The molecule has 5 nitrogen and oxygen atoms in total. The predicted molar refractivity (Wildman–Crippen MR) is 71.2 cm³/mol. The van der Waals surface area contributed by atoms with E-state index in [4.69, 9.17) is 0 Å². The van der Waals surface area contributed by atoms with Gasteiger partial charge in [-0.15, -0.1) is 0 Å². The van der Waals surface area contributed by atoms with Crippen LogP contribution >= 0.6 is 0 Å². The number of aryl methyl sites for hydroxylation is 2. The summed E-state index contributed by atoms with van der Waals surface area (Å²) in [5, 5.41) is 3.56. The van der Waals surface area contributed by atoms with Crippen LogP contribution in [0.3, 0.4) is 0 Å². The van der Waals surface area contributed by atoms with Crippen LogP contribution in [0.4, 0.5) is 0 Å². The summed E-state index contributed by atoms with van der Waals surface area (Å²) < 4.78 is 4.13. The Morgan fingerprint density at radius 3 is 2.72 bits per heavy atom. The van der Waals surface area contributed by atoms with Crippen molar-refractivity contribution in [2.45, 2.75) is 25.8 Å². The van der Waals surface area contributed by atoms with Crippen molar-refractivity contribution in [2.24, 2.45) is 14.1 Å². The Labute approximate surface area is 108 Å². The van der Waals surface area contributed by atoms with E-state index in [1.807, 2.05) is 39.0 Å². The fraction of sp³-hybridized carbons (Fsp3) is 0.538. The van der Waals surface area contributed by atoms with E-state index in [2.05, 4.69) is 31.3 Å². The Kier molecular flexibility index (Phi) is 4.15. The molecule has 0 spiro atoms. The van der Waals surface area contributed by atoms with Crippen LogP contribution in [0.25, 0.3) is 0 Å². The average molecular weight is 247 g/mol. The average Bonchev–Trinajstić information content (AvgIpc) is 2.94. The van der Waals surface area contributed by atoms with E-state index in [1.54, 1.807) is 0 Å². The molecule has 0 amide bonds. The van der Waals surface area contributed by atoms with Crippen LogP contribution in [0, 0.1) is 0 Å². The zero-order chi connectivity index (χ0) is 13.0. The van der Waals surface area contributed by atoms with Crippen molar-refractivity contribution >= 4 is 0 Å². The third-order valence-corrected chi connectivity index (χ3v) is 3.16. The summed E-state index contributed by atoms with van der Waals surface area (Å²) in [6.45, 7) is 3.17. The van der Waals surface area contributed by atoms with Crippen LogP contribution in [0.5, 0.6) is 0 Å². The van der Waals surface area contributed by atoms with Gasteiger partial charge in [0, 0.05) is 39.1 Å². The summed E-state index contributed by atoms with van der Waals surface area (Å²) >= 11 is 0. The summed E-state index contributed by atoms with van der Waals surface area (Å²) in [5.41, 5.74) is 1.20. The van der Waals surface area contributed by atoms with Gasteiger partial charge in [0.15, 0.2) is 0 Å². The summed E-state index contributed by atoms with van der Waals surface area (Å²) in [6.07, 6.45) is 9.59. The van der Waals surface area contributed by atoms with Crippen molar-refractivity contribution in [2.75, 3.05) is 6.54 Å². The number of hydrogen-bond acceptors (Lipinski definition) is 3. The maximum absolute atomic E-state index is 4.40. The highest BCUT2D eigenvalue weighted by molar-refractivity contribution is 5.08. The Bertz CT molecular complexity index is 485. The molecule has 0 aliphatic rings. The first-order valence-electron chi connectivity index (χ1n) is 6.38. The van der Waals surface area contributed by atoms with Crippen LogP contribution in [-0.2, 0) is 20.5 Å². The lowest BCUT2D eigenvalue weighted by Crippen LogP contribution is -2.26. The molecule has 2 aromatic heterocycles. The van der Waals surface area contributed by atoms with Crippen LogP contribution < -0.4 is 5.32 Å². The largest absolute Gasteiger partial charge is 0.338 e. The summed E-state index contributed by atoms with van der Waals surface area (Å²) in [4.78, 5) is 8.59. The highest BCUT2D eigenvalue weighted by Gasteiger charge is 2.16. The van der Waals surface area contributed by atoms with Crippen molar-refractivity contribution in [3.8, 4) is 0 Å². The standard InChI is InChI=1S/C13H21N5/c1-4-5-15-11(12-9-14-10-18(12)3)8-13-16-6-7-17(13)2/h6-7,9-11,15H,4-5,8H2,1-3H3. The monoisotopic (exact) mass is 247 g/mol. The van der Waals surface area contributed by atoms with E-state index in [9.17, 15) is 0 Å². The minimum absolute atomic E-state index is 0.263. The topological polar surface area (TPSA) is 47.7 Å². The number of nitrogens with one attached hydrogen (secondary N) is 1. The van der Waals surface area contributed by atoms with Crippen molar-refractivity contribution in [3.05, 3.63) is 36.4 Å². The van der Waals surface area contributed by atoms with Crippen LogP contribution in [0.15, 0.2) is 24.9 Å². The normalized spacial score (nSPS) is 12.8. The van der Waals surface area contributed by atoms with E-state index in [0.29, 0.717) is 0 Å². The van der Waals surface area contributed by atoms with Gasteiger partial charge in [-0.1, -0.05) is 6.92 Å². The summed E-state index contributed by atoms with van der Waals surface area (Å²) in [6, 6.07) is 0.263. The first-order valence-corrected chi connectivity index (χ1v) is 6.38. The molecule has 1 unspecified atom stereocenters. The van der Waals surface area contributed by atoms with E-state index >= 15 is 0 Å². The van der Waals surface area contributed by atoms with Gasteiger partial charge in [0.05, 0.1) is 18.1 Å². The second kappa shape index (κ2) is 5.82. The molecular formula is C13H21N5. The van der Waals surface area contributed by atoms with Gasteiger partial charge in [0.25, 0.3) is 0 Å². The highest BCUT2D eigenvalue weighted by atomic mass is 15.1. The molecule has 0 aliphatic heterocycles. The van der Waals surface area contributed by atoms with Gasteiger partial charge in [0.2, 0.25) is 0 Å². The molecule has 0 saturated heterocycles. The van der Waals surface area contributed by atoms with E-state index < -0.39 is 0 Å². The van der Waals surface area contributed by atoms with E-state index in [0.717, 1.165) is 25.2 Å². The zero-order valence-electron chi connectivity index (χ0n) is 11.3. The van der Waals surface area contributed by atoms with Gasteiger partial charge in [0.1, 0.15) is 5.82 Å². The molecule has 2 aromatic rings. The van der Waals surface area contributed by atoms with Crippen molar-refractivity contribution in [1.82, 2.24) is 24.4 Å². The number of nitrogens with zero attached hydrogens (tertiary/aromatic N) is 4. The fourth-order valence-corrected chi connectivity index (χ4v) is 2.08. The van der Waals surface area contributed by atoms with E-state index in [1.165, 1.54) is 5.69 Å². The maximum Gasteiger partial charge on any atom is 0.110 e. The molecule has 0 aromatic carbocycles. The lowest BCUT2D eigenvalue weighted by molar-refractivity contribution is 0.489. The van der Waals surface area contributed by atoms with Gasteiger partial charge >= 0.3 is 0 Å². The first kappa shape index (κ1) is 12.8. The molecule has 1 atom stereocenters. The van der Waals surface area contributed by atoms with Crippen LogP contribution in [-0.4, -0.2) is 25.6 Å². The fourth-order valence-electron chi connectivity index (χ4n) is 2.08. The molecule has 0 bridgehead atoms. The lowest BCUT2D eigenvalue weighted by atomic mass is 10.1. The Morgan fingerprint density at radius 1 is 1.33 bits per heavy atom. The number of aromatic nitrogens is 4. The minimum atomic E-state index is 0.263. The SMILES string of the molecule is CCCNC(Cc1nccn1C)c1cncn1C. The Balaban J connectivity index is 2.15. The maximum atomic E-state index is 4.40. The molecule has 5 heteroatoms. The number of hydrogen-bond donors (Lipinski definition) is 1. The third kappa shape index (κ3) is 2.79. The molecule has 0 saturated carbocycles. The molecule has 0 radical (unpaired) electrons. The van der Waals surface area contributed by atoms with Crippen LogP contribution in [0.2, 0.25) is 0 Å². The Hall–Kier alpha value is -1.62. The van der Waals surface area contributed by atoms with Crippen molar-refractivity contribution in [3.63, 3.8) is 0 Å². The number of rotatable bonds is 6. The van der Waals surface area contributed by atoms with Gasteiger partial charge in [-0.25, -0.2) is 9.97 Å². The van der Waals surface area contributed by atoms with Gasteiger partial charge in [-0.3, -0.25) is 0 Å². The third-order valence-electron chi connectivity index (χ3n) is 3.16. The summed E-state index contributed by atoms with van der Waals surface area (Å²) in [7, 11) is 4.06. The van der Waals surface area contributed by atoms with Crippen LogP contribution in [0.1, 0.15) is 30.9 Å². The molecule has 2 rings (SSSR count). The van der Waals surface area contributed by atoms with Gasteiger partial charge < -0.3 is 14.5 Å². The zero-order valence-corrected chi connectivity index (χ0v) is 11.3. The van der Waals surface area contributed by atoms with E-state index in [-0.39, 0.29) is 6.04 Å². The molecular weight excluding hydrogens is 226 g/mol. The molecule has 98 valence electrons. The Morgan fingerprint density at radius 2 is 2.17 bits per heavy atom.